The van der Waals surface area contributed by atoms with Crippen molar-refractivity contribution in [2.24, 2.45) is 0 Å². The molecule has 0 N–H and O–H groups in total. The molecule has 0 spiro atoms. The Morgan fingerprint density at radius 3 is 2.65 bits per heavy atom. The van der Waals surface area contributed by atoms with E-state index in [2.05, 4.69) is 0 Å². The Kier molecular flexibility index (Phi) is 3.79. The van der Waals surface area contributed by atoms with Gasteiger partial charge in [0.1, 0.15) is 0 Å². The second kappa shape index (κ2) is 5.14. The fourth-order valence-electron chi connectivity index (χ4n) is 1.92. The summed E-state index contributed by atoms with van der Waals surface area (Å²) in [7, 11) is -3.87. The van der Waals surface area contributed by atoms with E-state index >= 15 is 0 Å². The van der Waals surface area contributed by atoms with Crippen LogP contribution in [-0.2, 0) is 14.6 Å². The van der Waals surface area contributed by atoms with Crippen molar-refractivity contribution in [2.75, 3.05) is 6.61 Å². The Morgan fingerprint density at radius 1 is 1.35 bits per heavy atom. The summed E-state index contributed by atoms with van der Waals surface area (Å²) in [6.45, 7) is 0.600. The maximum atomic E-state index is 13.9. The van der Waals surface area contributed by atoms with Crippen LogP contribution in [0.1, 0.15) is 19.3 Å². The van der Waals surface area contributed by atoms with Crippen molar-refractivity contribution in [1.82, 2.24) is 0 Å². The predicted octanol–water partition coefficient (Wildman–Crippen LogP) is 2.33. The molecule has 5 heteroatoms. The molecule has 0 unspecified atom stereocenters. The molecule has 0 saturated carbocycles. The average molecular weight is 258 g/mol. The van der Waals surface area contributed by atoms with Crippen LogP contribution in [-0.4, -0.2) is 26.6 Å². The van der Waals surface area contributed by atoms with E-state index in [1.54, 1.807) is 18.2 Å². The van der Waals surface area contributed by atoms with E-state index in [0.717, 1.165) is 12.8 Å². The van der Waals surface area contributed by atoms with Crippen molar-refractivity contribution < 1.29 is 17.5 Å². The third-order valence-electron chi connectivity index (χ3n) is 2.88. The van der Waals surface area contributed by atoms with Gasteiger partial charge in [-0.25, -0.2) is 12.8 Å². The maximum absolute atomic E-state index is 13.9. The first kappa shape index (κ1) is 12.5. The quantitative estimate of drug-likeness (QED) is 0.832. The SMILES string of the molecule is O=S(=O)(c1ccccc1)[C@H](F)C[C@H]1CCCO1. The minimum Gasteiger partial charge on any atom is -0.378 e. The van der Waals surface area contributed by atoms with Gasteiger partial charge in [-0.15, -0.1) is 0 Å². The molecule has 1 aliphatic rings. The van der Waals surface area contributed by atoms with Crippen LogP contribution in [0.3, 0.4) is 0 Å². The smallest absolute Gasteiger partial charge is 0.210 e. The molecule has 2 atom stereocenters. The zero-order chi connectivity index (χ0) is 12.3. The Bertz CT molecular complexity index is 452. The van der Waals surface area contributed by atoms with Gasteiger partial charge in [0, 0.05) is 13.0 Å². The van der Waals surface area contributed by atoms with Crippen molar-refractivity contribution in [1.29, 1.82) is 0 Å². The van der Waals surface area contributed by atoms with Gasteiger partial charge in [0.05, 0.1) is 11.0 Å². The molecule has 0 aromatic heterocycles. The molecule has 0 aliphatic carbocycles. The number of sulfone groups is 1. The molecule has 0 radical (unpaired) electrons. The monoisotopic (exact) mass is 258 g/mol. The van der Waals surface area contributed by atoms with Gasteiger partial charge in [0.2, 0.25) is 15.3 Å². The first-order valence-corrected chi connectivity index (χ1v) is 7.20. The van der Waals surface area contributed by atoms with E-state index in [9.17, 15) is 12.8 Å². The van der Waals surface area contributed by atoms with Crippen molar-refractivity contribution in [3.05, 3.63) is 30.3 Å². The van der Waals surface area contributed by atoms with Gasteiger partial charge < -0.3 is 4.74 Å². The fourth-order valence-corrected chi connectivity index (χ4v) is 3.22. The van der Waals surface area contributed by atoms with Gasteiger partial charge in [-0.2, -0.15) is 0 Å². The van der Waals surface area contributed by atoms with Crippen LogP contribution in [0, 0.1) is 0 Å². The molecule has 1 aromatic carbocycles. The predicted molar refractivity (Wildman–Crippen MR) is 62.1 cm³/mol. The van der Waals surface area contributed by atoms with Crippen LogP contribution in [0.2, 0.25) is 0 Å². The number of benzene rings is 1. The van der Waals surface area contributed by atoms with Gasteiger partial charge in [-0.3, -0.25) is 0 Å². The number of hydrogen-bond donors (Lipinski definition) is 0. The summed E-state index contributed by atoms with van der Waals surface area (Å²) in [4.78, 5) is 0.0329. The van der Waals surface area contributed by atoms with E-state index < -0.39 is 15.3 Å². The third kappa shape index (κ3) is 2.84. The average Bonchev–Trinajstić information content (AvgIpc) is 2.83. The lowest BCUT2D eigenvalue weighted by Gasteiger charge is -2.14. The van der Waals surface area contributed by atoms with Crippen LogP contribution < -0.4 is 0 Å². The first-order chi connectivity index (χ1) is 8.10. The highest BCUT2D eigenvalue weighted by molar-refractivity contribution is 7.91. The number of rotatable bonds is 4. The van der Waals surface area contributed by atoms with Crippen molar-refractivity contribution in [3.63, 3.8) is 0 Å². The maximum Gasteiger partial charge on any atom is 0.210 e. The first-order valence-electron chi connectivity index (χ1n) is 5.65. The van der Waals surface area contributed by atoms with Gasteiger partial charge in [0.15, 0.2) is 0 Å². The highest BCUT2D eigenvalue weighted by atomic mass is 32.2. The Labute approximate surface area is 101 Å². The van der Waals surface area contributed by atoms with Gasteiger partial charge in [0.25, 0.3) is 0 Å². The Morgan fingerprint density at radius 2 is 2.06 bits per heavy atom. The second-order valence-electron chi connectivity index (χ2n) is 4.14. The Balaban J connectivity index is 2.09. The van der Waals surface area contributed by atoms with Gasteiger partial charge >= 0.3 is 0 Å². The van der Waals surface area contributed by atoms with E-state index in [1.165, 1.54) is 12.1 Å². The van der Waals surface area contributed by atoms with Gasteiger partial charge in [-0.05, 0) is 25.0 Å². The lowest BCUT2D eigenvalue weighted by Crippen LogP contribution is -2.22. The molecule has 1 heterocycles. The van der Waals surface area contributed by atoms with Crippen LogP contribution in [0.25, 0.3) is 0 Å². The minimum absolute atomic E-state index is 0.0329. The summed E-state index contributed by atoms with van der Waals surface area (Å²) < 4.78 is 42.9. The molecule has 1 fully saturated rings. The van der Waals surface area contributed by atoms with E-state index in [-0.39, 0.29) is 17.4 Å². The van der Waals surface area contributed by atoms with Gasteiger partial charge in [-0.1, -0.05) is 18.2 Å². The lowest BCUT2D eigenvalue weighted by molar-refractivity contribution is 0.0926. The number of alkyl halides is 1. The molecular weight excluding hydrogens is 243 g/mol. The van der Waals surface area contributed by atoms with Crippen molar-refractivity contribution in [3.8, 4) is 0 Å². The standard InChI is InChI=1S/C12H15FO3S/c13-12(9-10-5-4-8-16-10)17(14,15)11-6-2-1-3-7-11/h1-3,6-7,10,12H,4-5,8-9H2/t10-,12+/m1/s1. The van der Waals surface area contributed by atoms with E-state index in [4.69, 9.17) is 4.74 Å². The topological polar surface area (TPSA) is 43.4 Å². The zero-order valence-electron chi connectivity index (χ0n) is 9.38. The summed E-state index contributed by atoms with van der Waals surface area (Å²) in [6, 6.07) is 7.71. The van der Waals surface area contributed by atoms with E-state index in [1.807, 2.05) is 0 Å². The Hall–Kier alpha value is -0.940. The van der Waals surface area contributed by atoms with Crippen LogP contribution >= 0.6 is 0 Å². The van der Waals surface area contributed by atoms with Crippen molar-refractivity contribution >= 4 is 9.84 Å². The summed E-state index contributed by atoms with van der Waals surface area (Å²) in [5, 5.41) is 0. The summed E-state index contributed by atoms with van der Waals surface area (Å²) in [5.74, 6) is 0. The molecule has 1 saturated heterocycles. The summed E-state index contributed by atoms with van der Waals surface area (Å²) in [6.07, 6.45) is 1.29. The molecule has 0 amide bonds. The minimum atomic E-state index is -3.87. The molecule has 94 valence electrons. The number of halogens is 1. The summed E-state index contributed by atoms with van der Waals surface area (Å²) >= 11 is 0. The number of hydrogen-bond acceptors (Lipinski definition) is 3. The molecule has 2 rings (SSSR count). The van der Waals surface area contributed by atoms with Crippen LogP contribution in [0.4, 0.5) is 4.39 Å². The molecule has 17 heavy (non-hydrogen) atoms. The fraction of sp³-hybridized carbons (Fsp3) is 0.500. The molecular formula is C12H15FO3S. The third-order valence-corrected chi connectivity index (χ3v) is 4.68. The lowest BCUT2D eigenvalue weighted by atomic mass is 10.2. The van der Waals surface area contributed by atoms with Crippen molar-refractivity contribution in [2.45, 2.75) is 35.8 Å². The number of ether oxygens (including phenoxy) is 1. The normalized spacial score (nSPS) is 22.5. The highest BCUT2D eigenvalue weighted by Gasteiger charge is 2.31. The zero-order valence-corrected chi connectivity index (χ0v) is 10.2. The van der Waals surface area contributed by atoms with Crippen LogP contribution in [0.5, 0.6) is 0 Å². The van der Waals surface area contributed by atoms with Crippen LogP contribution in [0.15, 0.2) is 35.2 Å². The molecule has 1 aromatic rings. The second-order valence-corrected chi connectivity index (χ2v) is 6.21. The molecule has 0 bridgehead atoms. The largest absolute Gasteiger partial charge is 0.378 e. The molecule has 3 nitrogen and oxygen atoms in total. The molecule has 1 aliphatic heterocycles. The summed E-state index contributed by atoms with van der Waals surface area (Å²) in [5.41, 5.74) is -1.88. The van der Waals surface area contributed by atoms with E-state index in [0.29, 0.717) is 6.61 Å². The highest BCUT2D eigenvalue weighted by Crippen LogP contribution is 2.25.